The number of nitrogens with zero attached hydrogens (tertiary/aromatic N) is 5. The lowest BCUT2D eigenvalue weighted by Gasteiger charge is -2.21. The highest BCUT2D eigenvalue weighted by Crippen LogP contribution is 2.29. The summed E-state index contributed by atoms with van der Waals surface area (Å²) in [6.07, 6.45) is 15.1. The molecule has 2 heterocycles. The van der Waals surface area contributed by atoms with Crippen LogP contribution in [-0.4, -0.2) is 40.2 Å². The Hall–Kier alpha value is -3.68. The third kappa shape index (κ3) is 5.51. The molecular formula is C24H30N6O2. The third-order valence-corrected chi connectivity index (χ3v) is 5.09. The van der Waals surface area contributed by atoms with Gasteiger partial charge in [0.1, 0.15) is 12.1 Å². The van der Waals surface area contributed by atoms with Crippen molar-refractivity contribution >= 4 is 23.1 Å². The maximum absolute atomic E-state index is 5.25. The maximum Gasteiger partial charge on any atom is 0.163 e. The molecule has 0 aliphatic carbocycles. The van der Waals surface area contributed by atoms with Gasteiger partial charge < -0.3 is 9.47 Å². The number of benzene rings is 1. The molecular weight excluding hydrogens is 404 g/mol. The zero-order chi connectivity index (χ0) is 22.8. The molecule has 1 aromatic carbocycles. The number of allylic oxidation sites excluding steroid dienone is 3. The predicted molar refractivity (Wildman–Crippen MR) is 128 cm³/mol. The summed E-state index contributed by atoms with van der Waals surface area (Å²) in [6, 6.07) is 7.62. The van der Waals surface area contributed by atoms with Crippen molar-refractivity contribution in [1.29, 1.82) is 0 Å². The molecule has 2 unspecified atom stereocenters. The standard InChI is InChI=1S/C24H30N6O2/c1-5-7-10-19(6-2)22(12-13-31-3)30-24-21(16-28-30)23(25-17-26-24)29-27-15-18-9-8-11-20(14-18)32-4/h7-17,19,22H,5-6H2,1-4H3,(H,25,26,29)/b10-7-,13-12+,27-15+. The van der Waals surface area contributed by atoms with Crippen LogP contribution < -0.4 is 10.2 Å². The van der Waals surface area contributed by atoms with Gasteiger partial charge in [0, 0.05) is 5.92 Å². The van der Waals surface area contributed by atoms with E-state index in [1.54, 1.807) is 32.9 Å². The first-order valence-corrected chi connectivity index (χ1v) is 10.7. The Bertz CT molecular complexity index is 1090. The highest BCUT2D eigenvalue weighted by Gasteiger charge is 2.21. The van der Waals surface area contributed by atoms with Gasteiger partial charge in [-0.15, -0.1) is 0 Å². The Kier molecular flexibility index (Phi) is 8.36. The second-order valence-corrected chi connectivity index (χ2v) is 7.16. The van der Waals surface area contributed by atoms with Crippen LogP contribution in [0.4, 0.5) is 5.82 Å². The van der Waals surface area contributed by atoms with Crippen molar-refractivity contribution in [1.82, 2.24) is 19.7 Å². The van der Waals surface area contributed by atoms with E-state index in [1.807, 2.05) is 35.0 Å². The van der Waals surface area contributed by atoms with Crippen LogP contribution in [0.15, 0.2) is 66.4 Å². The first-order chi connectivity index (χ1) is 15.7. The highest BCUT2D eigenvalue weighted by molar-refractivity contribution is 5.87. The van der Waals surface area contributed by atoms with Crippen molar-refractivity contribution < 1.29 is 9.47 Å². The van der Waals surface area contributed by atoms with E-state index >= 15 is 0 Å². The number of ether oxygens (including phenoxy) is 2. The lowest BCUT2D eigenvalue weighted by Crippen LogP contribution is -2.17. The van der Waals surface area contributed by atoms with Crippen LogP contribution in [0, 0.1) is 5.92 Å². The molecule has 1 N–H and O–H groups in total. The van der Waals surface area contributed by atoms with Crippen LogP contribution in [0.1, 0.15) is 38.3 Å². The number of fused-ring (bicyclic) bond motifs is 1. The molecule has 168 valence electrons. The lowest BCUT2D eigenvalue weighted by atomic mass is 9.96. The molecule has 3 aromatic rings. The molecule has 0 radical (unpaired) electrons. The first-order valence-electron chi connectivity index (χ1n) is 10.7. The van der Waals surface area contributed by atoms with Crippen LogP contribution >= 0.6 is 0 Å². The summed E-state index contributed by atoms with van der Waals surface area (Å²) in [7, 11) is 3.28. The number of aromatic nitrogens is 4. The van der Waals surface area contributed by atoms with Crippen LogP contribution in [0.2, 0.25) is 0 Å². The second-order valence-electron chi connectivity index (χ2n) is 7.16. The summed E-state index contributed by atoms with van der Waals surface area (Å²) >= 11 is 0. The zero-order valence-electron chi connectivity index (χ0n) is 19.0. The van der Waals surface area contributed by atoms with Crippen molar-refractivity contribution in [2.45, 2.75) is 32.7 Å². The number of anilines is 1. The van der Waals surface area contributed by atoms with Gasteiger partial charge in [0.05, 0.1) is 44.3 Å². The number of rotatable bonds is 11. The average molecular weight is 435 g/mol. The van der Waals surface area contributed by atoms with Gasteiger partial charge in [-0.05, 0) is 36.6 Å². The van der Waals surface area contributed by atoms with E-state index in [-0.39, 0.29) is 12.0 Å². The molecule has 0 saturated heterocycles. The summed E-state index contributed by atoms with van der Waals surface area (Å²) in [5, 5.41) is 9.76. The topological polar surface area (TPSA) is 86.5 Å². The third-order valence-electron chi connectivity index (χ3n) is 5.09. The molecule has 2 atom stereocenters. The number of methoxy groups -OCH3 is 2. The number of hydrogen-bond acceptors (Lipinski definition) is 7. The quantitative estimate of drug-likeness (QED) is 0.198. The van der Waals surface area contributed by atoms with Crippen LogP contribution in [-0.2, 0) is 4.74 Å². The van der Waals surface area contributed by atoms with Crippen molar-refractivity contribution in [3.05, 3.63) is 66.8 Å². The Balaban J connectivity index is 1.90. The number of nitrogens with one attached hydrogen (secondary N) is 1. The molecule has 0 bridgehead atoms. The first kappa shape index (κ1) is 23.0. The molecule has 3 rings (SSSR count). The smallest absolute Gasteiger partial charge is 0.163 e. The maximum atomic E-state index is 5.25. The average Bonchev–Trinajstić information content (AvgIpc) is 3.26. The van der Waals surface area contributed by atoms with Crippen LogP contribution in [0.25, 0.3) is 11.0 Å². The number of hydrogen-bond donors (Lipinski definition) is 1. The van der Waals surface area contributed by atoms with Gasteiger partial charge in [0.2, 0.25) is 0 Å². The monoisotopic (exact) mass is 434 g/mol. The minimum Gasteiger partial charge on any atom is -0.505 e. The molecule has 8 heteroatoms. The summed E-state index contributed by atoms with van der Waals surface area (Å²) in [5.74, 6) is 1.62. The van der Waals surface area contributed by atoms with Crippen LogP contribution in [0.5, 0.6) is 5.75 Å². The summed E-state index contributed by atoms with van der Waals surface area (Å²) in [4.78, 5) is 8.85. The van der Waals surface area contributed by atoms with Gasteiger partial charge in [0.15, 0.2) is 11.5 Å². The van der Waals surface area contributed by atoms with Gasteiger partial charge in [-0.3, -0.25) is 5.43 Å². The van der Waals surface area contributed by atoms with E-state index < -0.39 is 0 Å². The van der Waals surface area contributed by atoms with E-state index in [0.717, 1.165) is 35.2 Å². The SMILES string of the molecule is CC/C=C\C(CC)C(/C=C/OC)n1ncc2c(N/N=C/c3cccc(OC)c3)ncnc21. The Labute approximate surface area is 188 Å². The molecule has 0 fully saturated rings. The molecule has 0 amide bonds. The molecule has 32 heavy (non-hydrogen) atoms. The Morgan fingerprint density at radius 1 is 1.19 bits per heavy atom. The van der Waals surface area contributed by atoms with Crippen molar-refractivity contribution in [3.8, 4) is 5.75 Å². The predicted octanol–water partition coefficient (Wildman–Crippen LogP) is 4.97. The fraction of sp³-hybridized carbons (Fsp3) is 0.333. The van der Waals surface area contributed by atoms with E-state index in [1.165, 1.54) is 6.33 Å². The van der Waals surface area contributed by atoms with Gasteiger partial charge in [-0.1, -0.05) is 38.1 Å². The normalized spacial score (nSPS) is 13.9. The summed E-state index contributed by atoms with van der Waals surface area (Å²) in [5.41, 5.74) is 4.66. The molecule has 8 nitrogen and oxygen atoms in total. The van der Waals surface area contributed by atoms with Gasteiger partial charge in [-0.2, -0.15) is 10.2 Å². The zero-order valence-corrected chi connectivity index (χ0v) is 19.0. The number of hydrazone groups is 1. The Morgan fingerprint density at radius 3 is 2.81 bits per heavy atom. The fourth-order valence-corrected chi connectivity index (χ4v) is 3.43. The van der Waals surface area contributed by atoms with Gasteiger partial charge in [0.25, 0.3) is 0 Å². The molecule has 0 aliphatic rings. The van der Waals surface area contributed by atoms with Crippen molar-refractivity contribution in [2.24, 2.45) is 11.0 Å². The molecule has 0 spiro atoms. The van der Waals surface area contributed by atoms with Crippen LogP contribution in [0.3, 0.4) is 0 Å². The van der Waals surface area contributed by atoms with E-state index in [2.05, 4.69) is 51.6 Å². The molecule has 0 saturated carbocycles. The van der Waals surface area contributed by atoms with Gasteiger partial charge in [-0.25, -0.2) is 14.6 Å². The summed E-state index contributed by atoms with van der Waals surface area (Å²) in [6.45, 7) is 4.29. The molecule has 2 aromatic heterocycles. The lowest BCUT2D eigenvalue weighted by molar-refractivity contribution is 0.326. The van der Waals surface area contributed by atoms with Gasteiger partial charge >= 0.3 is 0 Å². The fourth-order valence-electron chi connectivity index (χ4n) is 3.43. The highest BCUT2D eigenvalue weighted by atomic mass is 16.5. The van der Waals surface area contributed by atoms with Crippen molar-refractivity contribution in [3.63, 3.8) is 0 Å². The Morgan fingerprint density at radius 2 is 2.06 bits per heavy atom. The van der Waals surface area contributed by atoms with E-state index in [4.69, 9.17) is 9.47 Å². The van der Waals surface area contributed by atoms with Crippen molar-refractivity contribution in [2.75, 3.05) is 19.6 Å². The minimum atomic E-state index is -0.0386. The van der Waals surface area contributed by atoms with E-state index in [9.17, 15) is 0 Å². The summed E-state index contributed by atoms with van der Waals surface area (Å²) < 4.78 is 12.4. The minimum absolute atomic E-state index is 0.0386. The van der Waals surface area contributed by atoms with E-state index in [0.29, 0.717) is 5.82 Å². The second kappa shape index (κ2) is 11.6. The molecule has 0 aliphatic heterocycles. The largest absolute Gasteiger partial charge is 0.505 e.